The van der Waals surface area contributed by atoms with Gasteiger partial charge in [-0.1, -0.05) is 26.7 Å². The first-order valence-electron chi connectivity index (χ1n) is 12.6. The molecule has 2 N–H and O–H groups in total. The third-order valence-corrected chi connectivity index (χ3v) is 8.21. The van der Waals surface area contributed by atoms with Crippen LogP contribution in [-0.2, 0) is 4.79 Å². The van der Waals surface area contributed by atoms with Crippen LogP contribution in [0.2, 0.25) is 0 Å². The molecule has 1 heterocycles. The van der Waals surface area contributed by atoms with Crippen molar-refractivity contribution in [3.63, 3.8) is 0 Å². The molecular weight excluding hydrogens is 390 g/mol. The van der Waals surface area contributed by atoms with Gasteiger partial charge in [0.05, 0.1) is 0 Å². The molecule has 4 rings (SSSR count). The summed E-state index contributed by atoms with van der Waals surface area (Å²) in [5, 5.41) is 6.64. The maximum atomic E-state index is 12.7. The first-order valence-corrected chi connectivity index (χ1v) is 12.6. The zero-order chi connectivity index (χ0) is 22.0. The lowest BCUT2D eigenvalue weighted by Crippen LogP contribution is -2.46. The quantitative estimate of drug-likeness (QED) is 0.678. The average Bonchev–Trinajstić information content (AvgIpc) is 2.79. The van der Waals surface area contributed by atoms with Gasteiger partial charge in [0.2, 0.25) is 5.91 Å². The van der Waals surface area contributed by atoms with Gasteiger partial charge < -0.3 is 15.5 Å². The Labute approximate surface area is 185 Å². The highest BCUT2D eigenvalue weighted by atomic mass is 16.2. The minimum absolute atomic E-state index is 0.127. The van der Waals surface area contributed by atoms with Gasteiger partial charge in [0.15, 0.2) is 0 Å². The molecule has 1 aromatic carbocycles. The Morgan fingerprint density at radius 1 is 0.903 bits per heavy atom. The van der Waals surface area contributed by atoms with Gasteiger partial charge in [0, 0.05) is 31.6 Å². The Kier molecular flexibility index (Phi) is 7.02. The third-order valence-electron chi connectivity index (χ3n) is 8.21. The van der Waals surface area contributed by atoms with E-state index >= 15 is 0 Å². The number of carbonyl (C=O) groups is 1. The summed E-state index contributed by atoms with van der Waals surface area (Å²) < 4.78 is 0. The van der Waals surface area contributed by atoms with Gasteiger partial charge in [-0.05, 0) is 69.1 Å². The predicted molar refractivity (Wildman–Crippen MR) is 125 cm³/mol. The molecule has 31 heavy (non-hydrogen) atoms. The van der Waals surface area contributed by atoms with Crippen molar-refractivity contribution < 1.29 is 4.79 Å². The number of piperidine rings is 1. The second kappa shape index (κ2) is 9.74. The number of amides is 1. The molecule has 1 amide bonds. The Balaban J connectivity index is 1.24. The second-order valence-electron chi connectivity index (χ2n) is 10.5. The lowest BCUT2D eigenvalue weighted by atomic mass is 9.80. The van der Waals surface area contributed by atoms with Crippen LogP contribution < -0.4 is 26.4 Å². The van der Waals surface area contributed by atoms with Crippen molar-refractivity contribution in [1.29, 1.82) is 0 Å². The van der Waals surface area contributed by atoms with E-state index in [1.54, 1.807) is 0 Å². The molecule has 2 unspecified atom stereocenters. The molecule has 1 aliphatic heterocycles. The van der Waals surface area contributed by atoms with Gasteiger partial charge in [0.1, 0.15) is 11.4 Å². The molecule has 0 radical (unpaired) electrons. The molecule has 3 fully saturated rings. The molecule has 172 valence electrons. The zero-order valence-electron chi connectivity index (χ0n) is 19.3. The second-order valence-corrected chi connectivity index (χ2v) is 10.5. The van der Waals surface area contributed by atoms with Gasteiger partial charge in [0.25, 0.3) is 10.9 Å². The number of anilines is 2. The highest BCUT2D eigenvalue weighted by molar-refractivity contribution is 5.79. The molecule has 2 aliphatic carbocycles. The Hall–Kier alpha value is -1.85. The molecular formula is C25H39N3O3. The Morgan fingerprint density at radius 2 is 1.58 bits per heavy atom. The lowest BCUT2D eigenvalue weighted by Gasteiger charge is -2.34. The normalized spacial score (nSPS) is 30.3. The van der Waals surface area contributed by atoms with Crippen LogP contribution in [0.15, 0.2) is 9.59 Å². The van der Waals surface area contributed by atoms with E-state index in [1.165, 1.54) is 19.3 Å². The monoisotopic (exact) mass is 429 g/mol. The maximum absolute atomic E-state index is 12.7. The fraction of sp³-hybridized carbons (Fsp3) is 0.800. The maximum Gasteiger partial charge on any atom is 0.253 e. The van der Waals surface area contributed by atoms with Crippen LogP contribution in [0.4, 0.5) is 11.4 Å². The van der Waals surface area contributed by atoms with Gasteiger partial charge in [-0.3, -0.25) is 14.4 Å². The van der Waals surface area contributed by atoms with Crippen molar-refractivity contribution in [2.45, 2.75) is 84.1 Å². The predicted octanol–water partition coefficient (Wildman–Crippen LogP) is 3.43. The van der Waals surface area contributed by atoms with Crippen LogP contribution in [0.1, 0.15) is 78.1 Å². The van der Waals surface area contributed by atoms with Crippen molar-refractivity contribution in [2.24, 2.45) is 23.7 Å². The summed E-state index contributed by atoms with van der Waals surface area (Å²) >= 11 is 0. The topological polar surface area (TPSA) is 78.5 Å². The van der Waals surface area contributed by atoms with Gasteiger partial charge in [-0.25, -0.2) is 0 Å². The van der Waals surface area contributed by atoms with Gasteiger partial charge in [-0.15, -0.1) is 0 Å². The van der Waals surface area contributed by atoms with E-state index in [1.807, 2.05) is 0 Å². The molecule has 6 nitrogen and oxygen atoms in total. The number of hydrogen-bond acceptors (Lipinski definition) is 5. The molecule has 0 aromatic heterocycles. The smallest absolute Gasteiger partial charge is 0.253 e. The molecule has 0 bridgehead atoms. The van der Waals surface area contributed by atoms with Gasteiger partial charge >= 0.3 is 0 Å². The van der Waals surface area contributed by atoms with Crippen LogP contribution in [0, 0.1) is 23.7 Å². The van der Waals surface area contributed by atoms with Crippen molar-refractivity contribution in [1.82, 2.24) is 5.32 Å². The highest BCUT2D eigenvalue weighted by Crippen LogP contribution is 2.32. The third kappa shape index (κ3) is 4.98. The highest BCUT2D eigenvalue weighted by Gasteiger charge is 2.31. The summed E-state index contributed by atoms with van der Waals surface area (Å²) in [7, 11) is 0. The molecule has 0 spiro atoms. The molecule has 6 heteroatoms. The Morgan fingerprint density at radius 3 is 2.26 bits per heavy atom. The van der Waals surface area contributed by atoms with Crippen LogP contribution in [0.5, 0.6) is 0 Å². The molecule has 3 aliphatic rings. The van der Waals surface area contributed by atoms with Crippen molar-refractivity contribution in [3.8, 4) is 0 Å². The number of nitrogens with zero attached hydrogens (tertiary/aromatic N) is 1. The lowest BCUT2D eigenvalue weighted by molar-refractivity contribution is -0.127. The summed E-state index contributed by atoms with van der Waals surface area (Å²) in [6.07, 6.45) is 10.8. The average molecular weight is 430 g/mol. The summed E-state index contributed by atoms with van der Waals surface area (Å²) in [5.41, 5.74) is 0.468. The van der Waals surface area contributed by atoms with E-state index < -0.39 is 0 Å². The van der Waals surface area contributed by atoms with E-state index in [0.717, 1.165) is 64.6 Å². The number of rotatable bonds is 6. The molecule has 1 aromatic rings. The fourth-order valence-electron chi connectivity index (χ4n) is 5.78. The van der Waals surface area contributed by atoms with Crippen LogP contribution in [0.3, 0.4) is 0 Å². The molecule has 2 atom stereocenters. The minimum Gasteiger partial charge on any atom is -0.380 e. The summed E-state index contributed by atoms with van der Waals surface area (Å²) in [5.74, 6) is 2.10. The summed E-state index contributed by atoms with van der Waals surface area (Å²) in [6.45, 7) is 6.94. The van der Waals surface area contributed by atoms with Gasteiger partial charge in [-0.2, -0.15) is 0 Å². The fourth-order valence-corrected chi connectivity index (χ4v) is 5.78. The standard InChI is InChI=1S/C25H39N3O3/c1-16-11-13-28(14-12-16)22-21(23(29)24(22)30)26-15-18-7-9-19(10-8-18)25(31)27-20-6-4-3-5-17(20)2/h16-20,26H,3-15H2,1-2H3,(H,27,31). The Bertz CT molecular complexity index is 828. The summed E-state index contributed by atoms with van der Waals surface area (Å²) in [4.78, 5) is 39.2. The van der Waals surface area contributed by atoms with E-state index in [0.29, 0.717) is 35.2 Å². The minimum atomic E-state index is -0.358. The molecule has 2 saturated carbocycles. The van der Waals surface area contributed by atoms with Crippen LogP contribution >= 0.6 is 0 Å². The van der Waals surface area contributed by atoms with Crippen LogP contribution in [0.25, 0.3) is 0 Å². The molecule has 1 saturated heterocycles. The SMILES string of the molecule is CC1CCN(c2c(NCC3CCC(C(=O)NC4CCCCC4C)CC3)c(=O)c2=O)CC1. The van der Waals surface area contributed by atoms with Crippen LogP contribution in [-0.4, -0.2) is 31.6 Å². The number of nitrogens with one attached hydrogen (secondary N) is 2. The zero-order valence-corrected chi connectivity index (χ0v) is 19.3. The van der Waals surface area contributed by atoms with E-state index in [9.17, 15) is 14.4 Å². The summed E-state index contributed by atoms with van der Waals surface area (Å²) in [6, 6.07) is 0.353. The first kappa shape index (κ1) is 22.3. The van der Waals surface area contributed by atoms with E-state index in [2.05, 4.69) is 29.4 Å². The van der Waals surface area contributed by atoms with Crippen molar-refractivity contribution in [2.75, 3.05) is 29.9 Å². The van der Waals surface area contributed by atoms with Crippen molar-refractivity contribution in [3.05, 3.63) is 20.4 Å². The van der Waals surface area contributed by atoms with E-state index in [-0.39, 0.29) is 22.7 Å². The van der Waals surface area contributed by atoms with E-state index in [4.69, 9.17) is 0 Å². The van der Waals surface area contributed by atoms with Crippen molar-refractivity contribution >= 4 is 17.3 Å². The number of hydrogen-bond donors (Lipinski definition) is 2. The number of carbonyl (C=O) groups excluding carboxylic acids is 1. The first-order chi connectivity index (χ1) is 14.9. The largest absolute Gasteiger partial charge is 0.380 e.